The Balaban J connectivity index is 1.31. The number of hydrogen-bond donors (Lipinski definition) is 10. The maximum absolute atomic E-state index is 14.1. The predicted octanol–water partition coefficient (Wildman–Crippen LogP) is -2.33. The van der Waals surface area contributed by atoms with Crippen LogP contribution < -0.4 is 43.8 Å². The number of imidazole rings is 1. The molecule has 0 bridgehead atoms. The minimum absolute atomic E-state index is 0.00705. The highest BCUT2D eigenvalue weighted by atomic mass is 16.2. The van der Waals surface area contributed by atoms with Gasteiger partial charge in [0.2, 0.25) is 47.3 Å². The van der Waals surface area contributed by atoms with Gasteiger partial charge in [0.1, 0.15) is 30.2 Å². The number of carbonyl (C=O) groups excluding carboxylic acids is 8. The van der Waals surface area contributed by atoms with Crippen molar-refractivity contribution in [1.29, 1.82) is 0 Å². The van der Waals surface area contributed by atoms with Crippen LogP contribution >= 0.6 is 0 Å². The van der Waals surface area contributed by atoms with E-state index in [0.717, 1.165) is 10.9 Å². The molecule has 2 aromatic carbocycles. The summed E-state index contributed by atoms with van der Waals surface area (Å²) in [5, 5.41) is 14.0. The van der Waals surface area contributed by atoms with E-state index < -0.39 is 96.5 Å². The number of benzene rings is 2. The average Bonchev–Trinajstić information content (AvgIpc) is 4.01. The van der Waals surface area contributed by atoms with Crippen LogP contribution in [0.25, 0.3) is 10.9 Å². The third-order valence-electron chi connectivity index (χ3n) is 10.0. The maximum Gasteiger partial charge on any atom is 0.243 e. The molecule has 1 aliphatic heterocycles. The lowest BCUT2D eigenvalue weighted by Gasteiger charge is -2.29. The normalized spacial score (nSPS) is 16.1. The van der Waals surface area contributed by atoms with Crippen LogP contribution in [0.4, 0.5) is 0 Å². The van der Waals surface area contributed by atoms with E-state index in [9.17, 15) is 38.4 Å². The van der Waals surface area contributed by atoms with Crippen molar-refractivity contribution in [2.24, 2.45) is 17.2 Å². The zero-order valence-electron chi connectivity index (χ0n) is 32.9. The van der Waals surface area contributed by atoms with Gasteiger partial charge in [-0.25, -0.2) is 4.98 Å². The second kappa shape index (κ2) is 20.6. The summed E-state index contributed by atoms with van der Waals surface area (Å²) in [5.74, 6) is -5.74. The second-order valence-corrected chi connectivity index (χ2v) is 14.6. The lowest BCUT2D eigenvalue weighted by atomic mass is 10.0. The van der Waals surface area contributed by atoms with Gasteiger partial charge in [0.15, 0.2) is 0 Å². The second-order valence-electron chi connectivity index (χ2n) is 14.6. The number of nitrogens with zero attached hydrogens (tertiary/aromatic N) is 2. The number of hydrogen-bond acceptors (Lipinski definition) is 10. The minimum atomic E-state index is -1.30. The Morgan fingerprint density at radius 3 is 2.15 bits per heavy atom. The van der Waals surface area contributed by atoms with Crippen LogP contribution in [-0.2, 0) is 57.6 Å². The van der Waals surface area contributed by atoms with E-state index in [1.807, 2.05) is 24.3 Å². The molecular formula is C40H50N12O8. The number of carbonyl (C=O) groups is 8. The first kappa shape index (κ1) is 44.0. The van der Waals surface area contributed by atoms with E-state index >= 15 is 0 Å². The number of nitrogens with two attached hydrogens (primary N) is 3. The van der Waals surface area contributed by atoms with E-state index in [0.29, 0.717) is 23.2 Å². The summed E-state index contributed by atoms with van der Waals surface area (Å²) in [7, 11) is 0. The number of para-hydroxylation sites is 1. The van der Waals surface area contributed by atoms with Gasteiger partial charge in [-0.1, -0.05) is 48.5 Å². The molecule has 1 fully saturated rings. The van der Waals surface area contributed by atoms with Crippen LogP contribution in [-0.4, -0.2) is 116 Å². The standard InChI is InChI=1S/C40H50N12O8/c1-22(35(55)49-30(36(56)46-20-34(43)54)15-24-18-45-28-11-6-5-10-26(24)28)48-37(57)31(16-25-19-44-21-47-25)50-38(58)29(14-23-8-3-2-4-9-23)51-39(59)32-12-7-13-52(32)40(60)27(41)17-33(42)53/h2-6,8-11,18-19,21-22,27,29-32,45H,7,12-17,20,41H2,1H3,(H2,42,53)(H2,43,54)(H,44,47)(H,46,56)(H,48,57)(H,49,55)(H,50,58)(H,51,59). The van der Waals surface area contributed by atoms with Gasteiger partial charge in [0.25, 0.3) is 0 Å². The fourth-order valence-corrected chi connectivity index (χ4v) is 6.95. The Hall–Kier alpha value is -7.09. The topological polar surface area (TPSA) is 322 Å². The molecule has 4 aromatic rings. The van der Waals surface area contributed by atoms with Crippen LogP contribution in [0, 0.1) is 0 Å². The van der Waals surface area contributed by atoms with E-state index in [1.54, 1.807) is 36.5 Å². The number of fused-ring (bicyclic) bond motifs is 1. The van der Waals surface area contributed by atoms with Crippen molar-refractivity contribution in [3.05, 3.63) is 90.1 Å². The summed E-state index contributed by atoms with van der Waals surface area (Å²) < 4.78 is 0. The molecule has 0 aliphatic carbocycles. The third-order valence-corrected chi connectivity index (χ3v) is 10.0. The van der Waals surface area contributed by atoms with Gasteiger partial charge in [-0.05, 0) is 37.0 Å². The van der Waals surface area contributed by atoms with Gasteiger partial charge < -0.3 is 58.7 Å². The molecule has 0 spiro atoms. The van der Waals surface area contributed by atoms with E-state index in [4.69, 9.17) is 17.2 Å². The smallest absolute Gasteiger partial charge is 0.243 e. The first-order chi connectivity index (χ1) is 28.7. The first-order valence-electron chi connectivity index (χ1n) is 19.4. The molecule has 1 aliphatic rings. The Labute approximate surface area is 344 Å². The molecule has 6 atom stereocenters. The predicted molar refractivity (Wildman–Crippen MR) is 217 cm³/mol. The Kier molecular flexibility index (Phi) is 15.1. The molecule has 5 rings (SSSR count). The molecule has 13 N–H and O–H groups in total. The third kappa shape index (κ3) is 12.0. The highest BCUT2D eigenvalue weighted by Crippen LogP contribution is 2.21. The van der Waals surface area contributed by atoms with E-state index in [1.165, 1.54) is 24.3 Å². The van der Waals surface area contributed by atoms with Crippen LogP contribution in [0.5, 0.6) is 0 Å². The molecule has 2 aromatic heterocycles. The fourth-order valence-electron chi connectivity index (χ4n) is 6.95. The van der Waals surface area contributed by atoms with Crippen LogP contribution in [0.2, 0.25) is 0 Å². The van der Waals surface area contributed by atoms with Crippen LogP contribution in [0.1, 0.15) is 43.0 Å². The highest BCUT2D eigenvalue weighted by molar-refractivity contribution is 5.98. The quantitative estimate of drug-likeness (QED) is 0.0453. The molecule has 8 amide bonds. The molecular weight excluding hydrogens is 777 g/mol. The van der Waals surface area contributed by atoms with Crippen molar-refractivity contribution >= 4 is 58.2 Å². The maximum atomic E-state index is 14.1. The molecule has 0 radical (unpaired) electrons. The largest absolute Gasteiger partial charge is 0.370 e. The first-order valence-corrected chi connectivity index (χ1v) is 19.4. The zero-order chi connectivity index (χ0) is 43.3. The van der Waals surface area contributed by atoms with Gasteiger partial charge in [-0.15, -0.1) is 0 Å². The SMILES string of the molecule is CC(NC(=O)C(Cc1cnc[nH]1)NC(=O)C(Cc1ccccc1)NC(=O)C1CCCN1C(=O)C(N)CC(N)=O)C(=O)NC(Cc1c[nH]c2ccccc12)C(=O)NCC(N)=O. The molecule has 20 nitrogen and oxygen atoms in total. The molecule has 60 heavy (non-hydrogen) atoms. The minimum Gasteiger partial charge on any atom is -0.370 e. The number of aromatic nitrogens is 3. The fraction of sp³-hybridized carbons (Fsp3) is 0.375. The summed E-state index contributed by atoms with van der Waals surface area (Å²) in [6, 6.07) is 9.02. The number of likely N-dealkylation sites (tertiary alicyclic amines) is 1. The summed E-state index contributed by atoms with van der Waals surface area (Å²) >= 11 is 0. The summed E-state index contributed by atoms with van der Waals surface area (Å²) in [5.41, 5.74) is 19.0. The van der Waals surface area contributed by atoms with Crippen molar-refractivity contribution < 1.29 is 38.4 Å². The number of primary amides is 2. The molecule has 3 heterocycles. The number of rotatable bonds is 20. The average molecular weight is 827 g/mol. The number of amides is 8. The molecule has 318 valence electrons. The number of nitrogens with one attached hydrogen (secondary N) is 7. The van der Waals surface area contributed by atoms with E-state index in [-0.39, 0.29) is 32.2 Å². The molecule has 1 saturated heterocycles. The molecule has 0 saturated carbocycles. The summed E-state index contributed by atoms with van der Waals surface area (Å²) in [4.78, 5) is 116. The summed E-state index contributed by atoms with van der Waals surface area (Å²) in [6.07, 6.45) is 4.84. The van der Waals surface area contributed by atoms with Crippen molar-refractivity contribution in [3.8, 4) is 0 Å². The van der Waals surface area contributed by atoms with Gasteiger partial charge in [-0.3, -0.25) is 38.4 Å². The van der Waals surface area contributed by atoms with Crippen molar-refractivity contribution in [2.75, 3.05) is 13.1 Å². The Morgan fingerprint density at radius 1 is 0.783 bits per heavy atom. The van der Waals surface area contributed by atoms with Crippen molar-refractivity contribution in [2.45, 2.75) is 81.7 Å². The van der Waals surface area contributed by atoms with Gasteiger partial charge in [0.05, 0.1) is 25.3 Å². The van der Waals surface area contributed by atoms with Gasteiger partial charge >= 0.3 is 0 Å². The molecule has 6 unspecified atom stereocenters. The van der Waals surface area contributed by atoms with E-state index in [2.05, 4.69) is 41.5 Å². The van der Waals surface area contributed by atoms with Gasteiger partial charge in [0, 0.05) is 54.8 Å². The monoisotopic (exact) mass is 826 g/mol. The summed E-state index contributed by atoms with van der Waals surface area (Å²) in [6.45, 7) is 1.14. The lowest BCUT2D eigenvalue weighted by Crippen LogP contribution is -2.60. The van der Waals surface area contributed by atoms with Crippen LogP contribution in [0.15, 0.2) is 73.3 Å². The number of aromatic amines is 2. The van der Waals surface area contributed by atoms with Gasteiger partial charge in [-0.2, -0.15) is 0 Å². The van der Waals surface area contributed by atoms with Crippen molar-refractivity contribution in [1.82, 2.24) is 46.4 Å². The lowest BCUT2D eigenvalue weighted by molar-refractivity contribution is -0.141. The highest BCUT2D eigenvalue weighted by Gasteiger charge is 2.38. The van der Waals surface area contributed by atoms with Crippen molar-refractivity contribution in [3.63, 3.8) is 0 Å². The Morgan fingerprint density at radius 2 is 1.45 bits per heavy atom. The zero-order valence-corrected chi connectivity index (χ0v) is 32.9. The van der Waals surface area contributed by atoms with Crippen LogP contribution in [0.3, 0.4) is 0 Å². The molecule has 20 heteroatoms. The Bertz CT molecular complexity index is 2180. The number of H-pyrrole nitrogens is 2.